The normalized spacial score (nSPS) is 14.8. The molecule has 0 rings (SSSR count). The Balaban J connectivity index is 4.88. The van der Waals surface area contributed by atoms with Crippen LogP contribution < -0.4 is 5.90 Å². The van der Waals surface area contributed by atoms with Gasteiger partial charge < -0.3 is 9.47 Å². The molecule has 0 fully saturated rings. The van der Waals surface area contributed by atoms with E-state index in [-0.39, 0.29) is 25.0 Å². The molecule has 0 heterocycles. The van der Waals surface area contributed by atoms with Crippen molar-refractivity contribution in [3.63, 3.8) is 0 Å². The van der Waals surface area contributed by atoms with Crippen LogP contribution in [0.1, 0.15) is 85.5 Å². The molecule has 0 aromatic carbocycles. The van der Waals surface area contributed by atoms with Crippen LogP contribution in [0.15, 0.2) is 0 Å². The molecule has 3 atom stereocenters. The molecule has 8 nitrogen and oxygen atoms in total. The van der Waals surface area contributed by atoms with Gasteiger partial charge in [0.05, 0.1) is 19.6 Å². The fraction of sp³-hybridized carbons (Fsp3) is 0.900. The molecule has 3 unspecified atom stereocenters. The molecule has 0 saturated heterocycles. The molecule has 0 aliphatic rings. The number of carbonyl (C=O) groups excluding carboxylic acids is 2. The van der Waals surface area contributed by atoms with Gasteiger partial charge in [-0.15, -0.1) is 0 Å². The average Bonchev–Trinajstić information content (AvgIpc) is 2.71. The predicted molar refractivity (Wildman–Crippen MR) is 111 cm³/mol. The lowest BCUT2D eigenvalue weighted by Gasteiger charge is -2.19. The zero-order valence-electron chi connectivity index (χ0n) is 18.4. The molecule has 0 aromatic rings. The van der Waals surface area contributed by atoms with Crippen LogP contribution in [0, 0.1) is 11.8 Å². The third kappa shape index (κ3) is 11.5. The van der Waals surface area contributed by atoms with Crippen LogP contribution in [0.5, 0.6) is 0 Å². The molecule has 172 valence electrons. The second kappa shape index (κ2) is 15.6. The van der Waals surface area contributed by atoms with Crippen LogP contribution in [-0.4, -0.2) is 38.8 Å². The Bertz CT molecular complexity index is 565. The van der Waals surface area contributed by atoms with E-state index in [1.54, 1.807) is 0 Å². The Labute approximate surface area is 175 Å². The van der Waals surface area contributed by atoms with Crippen molar-refractivity contribution in [2.24, 2.45) is 17.7 Å². The molecular formula is C20H39NO7S. The van der Waals surface area contributed by atoms with Crippen LogP contribution in [0.25, 0.3) is 0 Å². The van der Waals surface area contributed by atoms with Crippen LogP contribution in [-0.2, 0) is 33.5 Å². The van der Waals surface area contributed by atoms with Gasteiger partial charge in [-0.3, -0.25) is 9.59 Å². The number of unbranched alkanes of at least 4 members (excludes halogenated alkanes) is 2. The monoisotopic (exact) mass is 437 g/mol. The minimum Gasteiger partial charge on any atom is -0.465 e. The maximum absolute atomic E-state index is 12.4. The van der Waals surface area contributed by atoms with Crippen molar-refractivity contribution in [2.75, 3.05) is 13.2 Å². The Morgan fingerprint density at radius 3 is 1.76 bits per heavy atom. The summed E-state index contributed by atoms with van der Waals surface area (Å²) in [7, 11) is -4.48. The SMILES string of the molecule is CCCCC(CC)COC(=O)CC(C(=O)OCC(CC)CCCC)S(=O)(=O)ON. The number of hydrogen-bond acceptors (Lipinski definition) is 8. The van der Waals surface area contributed by atoms with Gasteiger partial charge in [0, 0.05) is 0 Å². The summed E-state index contributed by atoms with van der Waals surface area (Å²) in [4.78, 5) is 24.5. The van der Waals surface area contributed by atoms with Gasteiger partial charge in [-0.25, -0.2) is 0 Å². The van der Waals surface area contributed by atoms with Crippen molar-refractivity contribution in [2.45, 2.75) is 90.7 Å². The number of rotatable bonds is 17. The lowest BCUT2D eigenvalue weighted by molar-refractivity contribution is -0.151. The summed E-state index contributed by atoms with van der Waals surface area (Å²) in [5, 5.41) is -1.83. The first-order chi connectivity index (χ1) is 13.7. The van der Waals surface area contributed by atoms with Gasteiger partial charge in [0.1, 0.15) is 0 Å². The van der Waals surface area contributed by atoms with Crippen LogP contribution in [0.3, 0.4) is 0 Å². The number of hydrogen-bond donors (Lipinski definition) is 1. The summed E-state index contributed by atoms with van der Waals surface area (Å²) >= 11 is 0. The smallest absolute Gasteiger partial charge is 0.327 e. The lowest BCUT2D eigenvalue weighted by atomic mass is 10.0. The Kier molecular flexibility index (Phi) is 15.0. The highest BCUT2D eigenvalue weighted by Gasteiger charge is 2.38. The molecule has 0 aliphatic carbocycles. The van der Waals surface area contributed by atoms with E-state index in [4.69, 9.17) is 15.4 Å². The van der Waals surface area contributed by atoms with E-state index < -0.39 is 33.7 Å². The third-order valence-electron chi connectivity index (χ3n) is 5.13. The highest BCUT2D eigenvalue weighted by Crippen LogP contribution is 2.17. The lowest BCUT2D eigenvalue weighted by Crippen LogP contribution is -2.38. The maximum Gasteiger partial charge on any atom is 0.327 e. The number of carbonyl (C=O) groups is 2. The van der Waals surface area contributed by atoms with Gasteiger partial charge in [0.25, 0.3) is 10.1 Å². The molecule has 0 bridgehead atoms. The van der Waals surface area contributed by atoms with Gasteiger partial charge in [-0.2, -0.15) is 18.6 Å². The fourth-order valence-corrected chi connectivity index (χ4v) is 3.66. The van der Waals surface area contributed by atoms with Crippen molar-refractivity contribution in [3.05, 3.63) is 0 Å². The summed E-state index contributed by atoms with van der Waals surface area (Å²) < 4.78 is 38.5. The summed E-state index contributed by atoms with van der Waals surface area (Å²) in [6, 6.07) is 0. The summed E-state index contributed by atoms with van der Waals surface area (Å²) in [5.74, 6) is 3.33. The van der Waals surface area contributed by atoms with Crippen molar-refractivity contribution in [1.29, 1.82) is 0 Å². The summed E-state index contributed by atoms with van der Waals surface area (Å²) in [5.41, 5.74) is 0. The average molecular weight is 438 g/mol. The maximum atomic E-state index is 12.4. The third-order valence-corrected chi connectivity index (χ3v) is 6.45. The quantitative estimate of drug-likeness (QED) is 0.271. The van der Waals surface area contributed by atoms with Gasteiger partial charge in [0.2, 0.25) is 0 Å². The van der Waals surface area contributed by atoms with E-state index in [0.717, 1.165) is 51.4 Å². The second-order valence-electron chi connectivity index (χ2n) is 7.43. The largest absolute Gasteiger partial charge is 0.465 e. The summed E-state index contributed by atoms with van der Waals surface area (Å²) in [6.45, 7) is 8.41. The Morgan fingerprint density at radius 1 is 0.862 bits per heavy atom. The van der Waals surface area contributed by atoms with Crippen LogP contribution in [0.2, 0.25) is 0 Å². The highest BCUT2D eigenvalue weighted by molar-refractivity contribution is 7.88. The van der Waals surface area contributed by atoms with Gasteiger partial charge in [-0.05, 0) is 24.7 Å². The summed E-state index contributed by atoms with van der Waals surface area (Å²) in [6.07, 6.45) is 6.84. The topological polar surface area (TPSA) is 122 Å². The molecule has 0 radical (unpaired) electrons. The second-order valence-corrected chi connectivity index (χ2v) is 9.17. The minimum atomic E-state index is -4.48. The van der Waals surface area contributed by atoms with Crippen molar-refractivity contribution >= 4 is 22.1 Å². The van der Waals surface area contributed by atoms with E-state index in [1.807, 2.05) is 13.8 Å². The zero-order chi connectivity index (χ0) is 22.3. The van der Waals surface area contributed by atoms with Gasteiger partial charge in [0.15, 0.2) is 5.25 Å². The van der Waals surface area contributed by atoms with E-state index in [9.17, 15) is 18.0 Å². The van der Waals surface area contributed by atoms with E-state index in [2.05, 4.69) is 18.1 Å². The molecule has 29 heavy (non-hydrogen) atoms. The van der Waals surface area contributed by atoms with Crippen molar-refractivity contribution in [1.82, 2.24) is 0 Å². The van der Waals surface area contributed by atoms with Gasteiger partial charge in [-0.1, -0.05) is 66.2 Å². The molecular weight excluding hydrogens is 398 g/mol. The van der Waals surface area contributed by atoms with Crippen LogP contribution >= 0.6 is 0 Å². The molecule has 0 spiro atoms. The highest BCUT2D eigenvalue weighted by atomic mass is 32.2. The van der Waals surface area contributed by atoms with Crippen molar-refractivity contribution in [3.8, 4) is 0 Å². The number of ether oxygens (including phenoxy) is 2. The minimum absolute atomic E-state index is 0.0932. The molecule has 0 aliphatic heterocycles. The Hall–Kier alpha value is -1.19. The predicted octanol–water partition coefficient (Wildman–Crippen LogP) is 3.48. The standard InChI is InChI=1S/C20H39NO7S/c1-5-9-11-16(7-3)14-26-19(22)13-18(29(24,25)28-21)20(23)27-15-17(8-4)12-10-6-2/h16-18H,5-15,21H2,1-4H3. The molecule has 2 N–H and O–H groups in total. The van der Waals surface area contributed by atoms with E-state index in [1.165, 1.54) is 0 Å². The first kappa shape index (κ1) is 27.8. The molecule has 9 heteroatoms. The zero-order valence-corrected chi connectivity index (χ0v) is 19.2. The van der Waals surface area contributed by atoms with Crippen LogP contribution in [0.4, 0.5) is 0 Å². The first-order valence-corrected chi connectivity index (χ1v) is 12.2. The van der Waals surface area contributed by atoms with E-state index in [0.29, 0.717) is 0 Å². The first-order valence-electron chi connectivity index (χ1n) is 10.7. The number of nitrogens with two attached hydrogens (primary N) is 1. The molecule has 0 aromatic heterocycles. The number of esters is 2. The molecule has 0 amide bonds. The van der Waals surface area contributed by atoms with Crippen molar-refractivity contribution < 1.29 is 31.8 Å². The fourth-order valence-electron chi connectivity index (χ4n) is 2.88. The van der Waals surface area contributed by atoms with Gasteiger partial charge >= 0.3 is 11.9 Å². The van der Waals surface area contributed by atoms with E-state index >= 15 is 0 Å². The Morgan fingerprint density at radius 2 is 1.34 bits per heavy atom. The molecule has 0 saturated carbocycles.